The molecule has 2 rings (SSSR count). The fourth-order valence-corrected chi connectivity index (χ4v) is 2.46. The van der Waals surface area contributed by atoms with Crippen LogP contribution in [-0.4, -0.2) is 29.1 Å². The SMILES string of the molecule is CCN(CC)Cc1ccc(/C=C/c2ccccc2C(=O)O)cc1. The normalized spacial score (nSPS) is 11.3. The topological polar surface area (TPSA) is 40.5 Å². The van der Waals surface area contributed by atoms with E-state index in [2.05, 4.69) is 43.0 Å². The van der Waals surface area contributed by atoms with Gasteiger partial charge in [-0.3, -0.25) is 4.90 Å². The number of hydrogen-bond donors (Lipinski definition) is 1. The molecule has 2 aromatic rings. The number of carbonyl (C=O) groups is 1. The molecule has 0 saturated heterocycles. The molecule has 0 fully saturated rings. The van der Waals surface area contributed by atoms with Crippen molar-refractivity contribution in [1.29, 1.82) is 0 Å². The largest absolute Gasteiger partial charge is 0.478 e. The van der Waals surface area contributed by atoms with E-state index >= 15 is 0 Å². The van der Waals surface area contributed by atoms with Crippen LogP contribution in [0.25, 0.3) is 12.2 Å². The maximum Gasteiger partial charge on any atom is 0.336 e. The molecular weight excluding hydrogens is 286 g/mol. The summed E-state index contributed by atoms with van der Waals surface area (Å²) in [6, 6.07) is 15.4. The zero-order chi connectivity index (χ0) is 16.7. The standard InChI is InChI=1S/C20H23NO2/c1-3-21(4-2)15-17-11-9-16(10-12-17)13-14-18-7-5-6-8-19(18)20(22)23/h5-14H,3-4,15H2,1-2H3,(H,22,23)/b14-13+. The van der Waals surface area contributed by atoms with Crippen LogP contribution in [0.15, 0.2) is 48.5 Å². The summed E-state index contributed by atoms with van der Waals surface area (Å²) in [5, 5.41) is 9.19. The molecule has 2 aromatic carbocycles. The predicted molar refractivity (Wildman–Crippen MR) is 95.4 cm³/mol. The van der Waals surface area contributed by atoms with E-state index in [9.17, 15) is 9.90 Å². The molecule has 0 saturated carbocycles. The second-order valence-corrected chi connectivity index (χ2v) is 5.43. The molecule has 1 N–H and O–H groups in total. The second-order valence-electron chi connectivity index (χ2n) is 5.43. The summed E-state index contributed by atoms with van der Waals surface area (Å²) in [6.07, 6.45) is 3.80. The fraction of sp³-hybridized carbons (Fsp3) is 0.250. The Morgan fingerprint density at radius 1 is 1.00 bits per heavy atom. The Morgan fingerprint density at radius 3 is 2.26 bits per heavy atom. The van der Waals surface area contributed by atoms with E-state index in [1.165, 1.54) is 5.56 Å². The first-order valence-corrected chi connectivity index (χ1v) is 7.95. The number of aromatic carboxylic acids is 1. The van der Waals surface area contributed by atoms with Gasteiger partial charge in [-0.2, -0.15) is 0 Å². The summed E-state index contributed by atoms with van der Waals surface area (Å²) in [5.74, 6) is -0.903. The number of carboxylic acids is 1. The Kier molecular flexibility index (Phi) is 6.12. The lowest BCUT2D eigenvalue weighted by molar-refractivity contribution is 0.0696. The highest BCUT2D eigenvalue weighted by Crippen LogP contribution is 2.14. The average molecular weight is 309 g/mol. The molecule has 3 nitrogen and oxygen atoms in total. The highest BCUT2D eigenvalue weighted by Gasteiger charge is 2.06. The second kappa shape index (κ2) is 8.30. The molecule has 23 heavy (non-hydrogen) atoms. The molecule has 0 aliphatic carbocycles. The predicted octanol–water partition coefficient (Wildman–Crippen LogP) is 4.40. The minimum absolute atomic E-state index is 0.321. The number of hydrogen-bond acceptors (Lipinski definition) is 2. The van der Waals surface area contributed by atoms with Gasteiger partial charge in [-0.1, -0.05) is 68.5 Å². The lowest BCUT2D eigenvalue weighted by atomic mass is 10.1. The Balaban J connectivity index is 2.11. The molecule has 0 bridgehead atoms. The number of benzene rings is 2. The smallest absolute Gasteiger partial charge is 0.336 e. The molecule has 0 aliphatic rings. The fourth-order valence-electron chi connectivity index (χ4n) is 2.46. The van der Waals surface area contributed by atoms with Crippen LogP contribution in [0.2, 0.25) is 0 Å². The van der Waals surface area contributed by atoms with Crippen LogP contribution in [0.5, 0.6) is 0 Å². The van der Waals surface area contributed by atoms with Crippen LogP contribution < -0.4 is 0 Å². The van der Waals surface area contributed by atoms with Gasteiger partial charge in [0.2, 0.25) is 0 Å². The van der Waals surface area contributed by atoms with Gasteiger partial charge in [0.15, 0.2) is 0 Å². The molecule has 0 heterocycles. The highest BCUT2D eigenvalue weighted by molar-refractivity contribution is 5.93. The van der Waals surface area contributed by atoms with Crippen molar-refractivity contribution in [2.75, 3.05) is 13.1 Å². The number of nitrogens with zero attached hydrogens (tertiary/aromatic N) is 1. The van der Waals surface area contributed by atoms with Gasteiger partial charge in [0.05, 0.1) is 5.56 Å². The lowest BCUT2D eigenvalue weighted by Gasteiger charge is -2.17. The van der Waals surface area contributed by atoms with Crippen molar-refractivity contribution < 1.29 is 9.90 Å². The Hall–Kier alpha value is -2.39. The van der Waals surface area contributed by atoms with E-state index in [4.69, 9.17) is 0 Å². The third-order valence-corrected chi connectivity index (χ3v) is 3.93. The van der Waals surface area contributed by atoms with Crippen molar-refractivity contribution >= 4 is 18.1 Å². The van der Waals surface area contributed by atoms with Crippen molar-refractivity contribution in [3.8, 4) is 0 Å². The van der Waals surface area contributed by atoms with E-state index in [0.29, 0.717) is 11.1 Å². The van der Waals surface area contributed by atoms with Crippen LogP contribution in [0.4, 0.5) is 0 Å². The van der Waals surface area contributed by atoms with Crippen LogP contribution in [0, 0.1) is 0 Å². The van der Waals surface area contributed by atoms with Crippen LogP contribution in [0.1, 0.15) is 40.9 Å². The summed E-state index contributed by atoms with van der Waals surface area (Å²) in [5.41, 5.74) is 3.39. The van der Waals surface area contributed by atoms with Crippen molar-refractivity contribution in [1.82, 2.24) is 4.90 Å². The molecule has 0 aliphatic heterocycles. The van der Waals surface area contributed by atoms with E-state index in [-0.39, 0.29) is 0 Å². The third kappa shape index (κ3) is 4.80. The first-order chi connectivity index (χ1) is 11.1. The van der Waals surface area contributed by atoms with Gasteiger partial charge in [-0.05, 0) is 35.8 Å². The summed E-state index contributed by atoms with van der Waals surface area (Å²) in [6.45, 7) is 7.38. The Morgan fingerprint density at radius 2 is 1.65 bits per heavy atom. The minimum Gasteiger partial charge on any atom is -0.478 e. The third-order valence-electron chi connectivity index (χ3n) is 3.93. The summed E-state index contributed by atoms with van der Waals surface area (Å²) < 4.78 is 0. The molecule has 0 unspecified atom stereocenters. The molecule has 0 radical (unpaired) electrons. The van der Waals surface area contributed by atoms with Gasteiger partial charge in [0.1, 0.15) is 0 Å². The molecule has 0 atom stereocenters. The summed E-state index contributed by atoms with van der Waals surface area (Å²) in [4.78, 5) is 13.6. The van der Waals surface area contributed by atoms with Crippen LogP contribution in [-0.2, 0) is 6.54 Å². The molecular formula is C20H23NO2. The van der Waals surface area contributed by atoms with E-state index in [0.717, 1.165) is 25.2 Å². The first kappa shape index (κ1) is 17.0. The van der Waals surface area contributed by atoms with Crippen LogP contribution in [0.3, 0.4) is 0 Å². The zero-order valence-electron chi connectivity index (χ0n) is 13.7. The molecule has 0 aromatic heterocycles. The minimum atomic E-state index is -0.903. The molecule has 3 heteroatoms. The van der Waals surface area contributed by atoms with E-state index in [1.807, 2.05) is 24.3 Å². The zero-order valence-corrected chi connectivity index (χ0v) is 13.7. The molecule has 0 spiro atoms. The quantitative estimate of drug-likeness (QED) is 0.771. The summed E-state index contributed by atoms with van der Waals surface area (Å²) >= 11 is 0. The van der Waals surface area contributed by atoms with Gasteiger partial charge < -0.3 is 5.11 Å². The number of carboxylic acid groups (broad SMARTS) is 1. The van der Waals surface area contributed by atoms with Crippen molar-refractivity contribution in [3.63, 3.8) is 0 Å². The molecule has 0 amide bonds. The first-order valence-electron chi connectivity index (χ1n) is 7.95. The highest BCUT2D eigenvalue weighted by atomic mass is 16.4. The van der Waals surface area contributed by atoms with Gasteiger partial charge in [-0.15, -0.1) is 0 Å². The van der Waals surface area contributed by atoms with Crippen molar-refractivity contribution in [3.05, 3.63) is 70.8 Å². The van der Waals surface area contributed by atoms with Gasteiger partial charge >= 0.3 is 5.97 Å². The van der Waals surface area contributed by atoms with Crippen LogP contribution >= 0.6 is 0 Å². The van der Waals surface area contributed by atoms with E-state index < -0.39 is 5.97 Å². The van der Waals surface area contributed by atoms with Gasteiger partial charge in [0.25, 0.3) is 0 Å². The lowest BCUT2D eigenvalue weighted by Crippen LogP contribution is -2.21. The van der Waals surface area contributed by atoms with Gasteiger partial charge in [-0.25, -0.2) is 4.79 Å². The Bertz CT molecular complexity index is 670. The van der Waals surface area contributed by atoms with Crippen molar-refractivity contribution in [2.24, 2.45) is 0 Å². The number of rotatable bonds is 7. The monoisotopic (exact) mass is 309 g/mol. The maximum atomic E-state index is 11.2. The molecule has 120 valence electrons. The Labute approximate surface area is 137 Å². The average Bonchev–Trinajstić information content (AvgIpc) is 2.59. The van der Waals surface area contributed by atoms with E-state index in [1.54, 1.807) is 12.1 Å². The van der Waals surface area contributed by atoms with Gasteiger partial charge in [0, 0.05) is 6.54 Å². The van der Waals surface area contributed by atoms with Crippen molar-refractivity contribution in [2.45, 2.75) is 20.4 Å². The summed E-state index contributed by atoms with van der Waals surface area (Å²) in [7, 11) is 0. The maximum absolute atomic E-state index is 11.2.